The molecule has 0 aromatic rings. The van der Waals surface area contributed by atoms with Crippen molar-refractivity contribution in [3.63, 3.8) is 0 Å². The van der Waals surface area contributed by atoms with Gasteiger partial charge in [0.15, 0.2) is 0 Å². The predicted molar refractivity (Wildman–Crippen MR) is 60.2 cm³/mol. The molecule has 1 rings (SSSR count). The first-order chi connectivity index (χ1) is 7.63. The van der Waals surface area contributed by atoms with E-state index in [0.29, 0.717) is 25.4 Å². The molecule has 0 aromatic heterocycles. The van der Waals surface area contributed by atoms with Crippen LogP contribution in [0.15, 0.2) is 0 Å². The summed E-state index contributed by atoms with van der Waals surface area (Å²) in [6.07, 6.45) is 3.04. The number of carboxylic acid groups (broad SMARTS) is 1. The van der Waals surface area contributed by atoms with Crippen molar-refractivity contribution in [3.8, 4) is 0 Å². The van der Waals surface area contributed by atoms with E-state index in [-0.39, 0.29) is 12.5 Å². The largest absolute Gasteiger partial charge is 0.481 e. The van der Waals surface area contributed by atoms with Gasteiger partial charge >= 0.3 is 12.0 Å². The van der Waals surface area contributed by atoms with Crippen molar-refractivity contribution < 1.29 is 14.7 Å². The summed E-state index contributed by atoms with van der Waals surface area (Å²) in [5, 5.41) is 11.2. The molecule has 0 spiro atoms. The summed E-state index contributed by atoms with van der Waals surface area (Å²) in [4.78, 5) is 23.7. The van der Waals surface area contributed by atoms with Crippen LogP contribution in [0.4, 0.5) is 4.79 Å². The van der Waals surface area contributed by atoms with Crippen LogP contribution in [-0.2, 0) is 4.79 Å². The van der Waals surface area contributed by atoms with Crippen LogP contribution in [-0.4, -0.2) is 41.6 Å². The van der Waals surface area contributed by atoms with Crippen molar-refractivity contribution in [1.82, 2.24) is 10.2 Å². The quantitative estimate of drug-likeness (QED) is 0.645. The zero-order chi connectivity index (χ0) is 12.0. The molecule has 0 unspecified atom stereocenters. The fraction of sp³-hybridized carbons (Fsp3) is 0.818. The molecule has 1 aliphatic rings. The van der Waals surface area contributed by atoms with Crippen LogP contribution in [0.5, 0.6) is 0 Å². The zero-order valence-corrected chi connectivity index (χ0v) is 9.74. The van der Waals surface area contributed by atoms with E-state index in [9.17, 15) is 9.59 Å². The van der Waals surface area contributed by atoms with E-state index in [1.165, 1.54) is 12.8 Å². The summed E-state index contributed by atoms with van der Waals surface area (Å²) < 4.78 is 0. The maximum atomic E-state index is 11.6. The SMILES string of the molecule is CCN(CC1CC1)C(=O)NCCCC(=O)O. The number of nitrogens with zero attached hydrogens (tertiary/aromatic N) is 1. The second-order valence-electron chi connectivity index (χ2n) is 4.21. The Bertz CT molecular complexity index is 252. The van der Waals surface area contributed by atoms with Crippen molar-refractivity contribution in [2.24, 2.45) is 5.92 Å². The minimum Gasteiger partial charge on any atom is -0.481 e. The van der Waals surface area contributed by atoms with Crippen molar-refractivity contribution in [2.45, 2.75) is 32.6 Å². The highest BCUT2D eigenvalue weighted by Crippen LogP contribution is 2.29. The van der Waals surface area contributed by atoms with E-state index < -0.39 is 5.97 Å². The molecule has 92 valence electrons. The Hall–Kier alpha value is -1.26. The van der Waals surface area contributed by atoms with Crippen LogP contribution >= 0.6 is 0 Å². The summed E-state index contributed by atoms with van der Waals surface area (Å²) in [7, 11) is 0. The van der Waals surface area contributed by atoms with Gasteiger partial charge in [0.2, 0.25) is 0 Å². The third-order valence-electron chi connectivity index (χ3n) is 2.69. The molecular formula is C11H20N2O3. The minimum atomic E-state index is -0.820. The van der Waals surface area contributed by atoms with Crippen LogP contribution in [0.2, 0.25) is 0 Å². The van der Waals surface area contributed by atoms with Crippen LogP contribution < -0.4 is 5.32 Å². The Labute approximate surface area is 95.8 Å². The first-order valence-corrected chi connectivity index (χ1v) is 5.88. The number of carbonyl (C=O) groups excluding carboxylic acids is 1. The van der Waals surface area contributed by atoms with Gasteiger partial charge in [-0.05, 0) is 32.1 Å². The zero-order valence-electron chi connectivity index (χ0n) is 9.74. The highest BCUT2D eigenvalue weighted by Gasteiger charge is 2.25. The molecule has 16 heavy (non-hydrogen) atoms. The normalized spacial score (nSPS) is 14.6. The molecule has 0 radical (unpaired) electrons. The maximum Gasteiger partial charge on any atom is 0.317 e. The van der Waals surface area contributed by atoms with Crippen molar-refractivity contribution in [2.75, 3.05) is 19.6 Å². The van der Waals surface area contributed by atoms with Gasteiger partial charge in [0.25, 0.3) is 0 Å². The standard InChI is InChI=1S/C11H20N2O3/c1-2-13(8-9-5-6-9)11(16)12-7-3-4-10(14)15/h9H,2-8H2,1H3,(H,12,16)(H,14,15). The Morgan fingerprint density at radius 2 is 2.12 bits per heavy atom. The van der Waals surface area contributed by atoms with E-state index in [2.05, 4.69) is 5.32 Å². The van der Waals surface area contributed by atoms with Gasteiger partial charge in [0.1, 0.15) is 0 Å². The molecular weight excluding hydrogens is 208 g/mol. The number of hydrogen-bond acceptors (Lipinski definition) is 2. The molecule has 5 heteroatoms. The minimum absolute atomic E-state index is 0.0696. The number of rotatable bonds is 7. The van der Waals surface area contributed by atoms with Gasteiger partial charge in [0.05, 0.1) is 0 Å². The average molecular weight is 228 g/mol. The number of urea groups is 1. The first kappa shape index (κ1) is 12.8. The molecule has 1 aliphatic carbocycles. The lowest BCUT2D eigenvalue weighted by Crippen LogP contribution is -2.41. The summed E-state index contributed by atoms with van der Waals surface area (Å²) in [5.74, 6) is -0.135. The van der Waals surface area contributed by atoms with Gasteiger partial charge in [0, 0.05) is 26.1 Å². The van der Waals surface area contributed by atoms with Gasteiger partial charge in [-0.2, -0.15) is 0 Å². The molecule has 1 saturated carbocycles. The number of hydrogen-bond donors (Lipinski definition) is 2. The Morgan fingerprint density at radius 3 is 2.62 bits per heavy atom. The Kier molecular flexibility index (Phi) is 5.08. The molecule has 0 heterocycles. The molecule has 2 amide bonds. The summed E-state index contributed by atoms with van der Waals surface area (Å²) in [5.41, 5.74) is 0. The number of carboxylic acids is 1. The van der Waals surface area contributed by atoms with Crippen LogP contribution in [0.25, 0.3) is 0 Å². The molecule has 0 aliphatic heterocycles. The van der Waals surface area contributed by atoms with E-state index in [1.54, 1.807) is 4.90 Å². The topological polar surface area (TPSA) is 69.6 Å². The van der Waals surface area contributed by atoms with Gasteiger partial charge in [-0.3, -0.25) is 4.79 Å². The summed E-state index contributed by atoms with van der Waals surface area (Å²) in [6.45, 7) is 3.94. The number of aliphatic carboxylic acids is 1. The van der Waals surface area contributed by atoms with Gasteiger partial charge in [-0.25, -0.2) is 4.79 Å². The van der Waals surface area contributed by atoms with Gasteiger partial charge in [-0.1, -0.05) is 0 Å². The number of amides is 2. The average Bonchev–Trinajstić information content (AvgIpc) is 3.04. The fourth-order valence-corrected chi connectivity index (χ4v) is 1.51. The number of nitrogens with one attached hydrogen (secondary N) is 1. The second-order valence-corrected chi connectivity index (χ2v) is 4.21. The lowest BCUT2D eigenvalue weighted by molar-refractivity contribution is -0.137. The summed E-state index contributed by atoms with van der Waals surface area (Å²) >= 11 is 0. The third kappa shape index (κ3) is 5.00. The lowest BCUT2D eigenvalue weighted by Gasteiger charge is -2.21. The Balaban J connectivity index is 2.13. The van der Waals surface area contributed by atoms with Crippen LogP contribution in [0.3, 0.4) is 0 Å². The van der Waals surface area contributed by atoms with Gasteiger partial charge < -0.3 is 15.3 Å². The molecule has 0 atom stereocenters. The van der Waals surface area contributed by atoms with E-state index in [4.69, 9.17) is 5.11 Å². The predicted octanol–water partition coefficient (Wildman–Crippen LogP) is 1.29. The van der Waals surface area contributed by atoms with E-state index in [1.807, 2.05) is 6.92 Å². The third-order valence-corrected chi connectivity index (χ3v) is 2.69. The lowest BCUT2D eigenvalue weighted by atomic mass is 10.3. The molecule has 1 fully saturated rings. The van der Waals surface area contributed by atoms with Crippen molar-refractivity contribution in [1.29, 1.82) is 0 Å². The highest BCUT2D eigenvalue weighted by molar-refractivity contribution is 5.74. The smallest absolute Gasteiger partial charge is 0.317 e. The van der Waals surface area contributed by atoms with Crippen molar-refractivity contribution in [3.05, 3.63) is 0 Å². The molecule has 0 aromatic carbocycles. The Morgan fingerprint density at radius 1 is 1.44 bits per heavy atom. The van der Waals surface area contributed by atoms with E-state index in [0.717, 1.165) is 6.54 Å². The molecule has 0 saturated heterocycles. The fourth-order valence-electron chi connectivity index (χ4n) is 1.51. The molecule has 5 nitrogen and oxygen atoms in total. The van der Waals surface area contributed by atoms with Crippen molar-refractivity contribution >= 4 is 12.0 Å². The maximum absolute atomic E-state index is 11.6. The molecule has 0 bridgehead atoms. The monoisotopic (exact) mass is 228 g/mol. The number of carbonyl (C=O) groups is 2. The second kappa shape index (κ2) is 6.35. The van der Waals surface area contributed by atoms with Crippen LogP contribution in [0, 0.1) is 5.92 Å². The van der Waals surface area contributed by atoms with Crippen LogP contribution in [0.1, 0.15) is 32.6 Å². The van der Waals surface area contributed by atoms with Gasteiger partial charge in [-0.15, -0.1) is 0 Å². The van der Waals surface area contributed by atoms with E-state index >= 15 is 0 Å². The summed E-state index contributed by atoms with van der Waals surface area (Å²) in [6, 6.07) is -0.0696. The highest BCUT2D eigenvalue weighted by atomic mass is 16.4. The first-order valence-electron chi connectivity index (χ1n) is 5.88. The molecule has 2 N–H and O–H groups in total.